The van der Waals surface area contributed by atoms with Gasteiger partial charge in [0.05, 0.1) is 6.04 Å². The van der Waals surface area contributed by atoms with Gasteiger partial charge in [-0.1, -0.05) is 0 Å². The Morgan fingerprint density at radius 3 is 2.54 bits per heavy atom. The fourth-order valence-corrected chi connectivity index (χ4v) is 3.99. The third kappa shape index (κ3) is 4.06. The zero-order valence-electron chi connectivity index (χ0n) is 14.1. The minimum Gasteiger partial charge on any atom is -0.339 e. The summed E-state index contributed by atoms with van der Waals surface area (Å²) in [4.78, 5) is 14.1. The molecule has 2 aliphatic rings. The standard InChI is InChI=1S/C18H24F2N2O.ClH/c1-11(16-10-13(19)3-6-17(16)20)22(2)18(23)9-12-7-14-4-5-15(8-12)21-14;/h3,6,10-12,14-15,21H,4-5,7-9H2,1-2H3;1H. The molecule has 2 bridgehead atoms. The molecule has 3 atom stereocenters. The topological polar surface area (TPSA) is 32.3 Å². The largest absolute Gasteiger partial charge is 0.339 e. The smallest absolute Gasteiger partial charge is 0.223 e. The molecule has 1 amide bonds. The number of hydrogen-bond donors (Lipinski definition) is 1. The van der Waals surface area contributed by atoms with Gasteiger partial charge in [0.2, 0.25) is 5.91 Å². The minimum atomic E-state index is -0.482. The maximum absolute atomic E-state index is 13.9. The van der Waals surface area contributed by atoms with Crippen molar-refractivity contribution in [2.24, 2.45) is 5.92 Å². The van der Waals surface area contributed by atoms with Crippen LogP contribution in [-0.4, -0.2) is 29.9 Å². The summed E-state index contributed by atoms with van der Waals surface area (Å²) in [5, 5.41) is 3.57. The van der Waals surface area contributed by atoms with E-state index in [9.17, 15) is 13.6 Å². The molecule has 3 nitrogen and oxygen atoms in total. The first kappa shape index (κ1) is 19.1. The molecule has 134 valence electrons. The summed E-state index contributed by atoms with van der Waals surface area (Å²) in [5.41, 5.74) is 0.228. The summed E-state index contributed by atoms with van der Waals surface area (Å²) < 4.78 is 27.3. The van der Waals surface area contributed by atoms with Gasteiger partial charge < -0.3 is 10.2 Å². The van der Waals surface area contributed by atoms with E-state index >= 15 is 0 Å². The summed E-state index contributed by atoms with van der Waals surface area (Å²) in [6.45, 7) is 1.74. The van der Waals surface area contributed by atoms with Gasteiger partial charge in [-0.25, -0.2) is 8.78 Å². The molecule has 2 heterocycles. The molecule has 3 rings (SSSR count). The van der Waals surface area contributed by atoms with Gasteiger partial charge in [0, 0.05) is 31.1 Å². The molecule has 3 unspecified atom stereocenters. The van der Waals surface area contributed by atoms with Gasteiger partial charge in [-0.15, -0.1) is 12.4 Å². The molecule has 2 fully saturated rings. The highest BCUT2D eigenvalue weighted by molar-refractivity contribution is 5.85. The summed E-state index contributed by atoms with van der Waals surface area (Å²) in [6.07, 6.45) is 4.98. The third-order valence-corrected chi connectivity index (χ3v) is 5.42. The number of fused-ring (bicyclic) bond motifs is 2. The number of amides is 1. The van der Waals surface area contributed by atoms with E-state index in [1.54, 1.807) is 18.9 Å². The lowest BCUT2D eigenvalue weighted by Gasteiger charge is -2.31. The van der Waals surface area contributed by atoms with Gasteiger partial charge in [-0.2, -0.15) is 0 Å². The lowest BCUT2D eigenvalue weighted by atomic mass is 9.89. The first-order chi connectivity index (χ1) is 10.9. The Hall–Kier alpha value is -1.20. The Bertz CT molecular complexity index is 586. The number of hydrogen-bond acceptors (Lipinski definition) is 2. The maximum atomic E-state index is 13.9. The number of benzene rings is 1. The van der Waals surface area contributed by atoms with E-state index in [-0.39, 0.29) is 23.9 Å². The normalized spacial score (nSPS) is 26.6. The summed E-state index contributed by atoms with van der Waals surface area (Å²) >= 11 is 0. The van der Waals surface area contributed by atoms with E-state index in [1.807, 2.05) is 0 Å². The second kappa shape index (κ2) is 7.79. The molecular weight excluding hydrogens is 334 g/mol. The van der Waals surface area contributed by atoms with Crippen molar-refractivity contribution in [3.63, 3.8) is 0 Å². The molecule has 1 N–H and O–H groups in total. The van der Waals surface area contributed by atoms with Gasteiger partial charge in [-0.3, -0.25) is 4.79 Å². The van der Waals surface area contributed by atoms with Crippen LogP contribution in [0.25, 0.3) is 0 Å². The van der Waals surface area contributed by atoms with Gasteiger partial charge >= 0.3 is 0 Å². The lowest BCUT2D eigenvalue weighted by molar-refractivity contribution is -0.133. The van der Waals surface area contributed by atoms with Gasteiger partial charge in [0.25, 0.3) is 0 Å². The van der Waals surface area contributed by atoms with Crippen molar-refractivity contribution >= 4 is 18.3 Å². The van der Waals surface area contributed by atoms with E-state index in [1.165, 1.54) is 18.9 Å². The van der Waals surface area contributed by atoms with Crippen LogP contribution in [0, 0.1) is 17.6 Å². The highest BCUT2D eigenvalue weighted by Crippen LogP contribution is 2.33. The predicted octanol–water partition coefficient (Wildman–Crippen LogP) is 3.83. The highest BCUT2D eigenvalue weighted by atomic mass is 35.5. The Labute approximate surface area is 148 Å². The zero-order valence-corrected chi connectivity index (χ0v) is 14.9. The first-order valence-corrected chi connectivity index (χ1v) is 8.40. The molecule has 0 spiro atoms. The van der Waals surface area contributed by atoms with E-state index in [0.29, 0.717) is 24.4 Å². The first-order valence-electron chi connectivity index (χ1n) is 8.40. The second-order valence-corrected chi connectivity index (χ2v) is 7.03. The molecule has 6 heteroatoms. The SMILES string of the molecule is CC(c1cc(F)ccc1F)N(C)C(=O)CC1CC2CCC(C1)N2.Cl. The Morgan fingerprint density at radius 1 is 1.29 bits per heavy atom. The number of rotatable bonds is 4. The fourth-order valence-electron chi connectivity index (χ4n) is 3.99. The molecule has 0 radical (unpaired) electrons. The number of nitrogens with one attached hydrogen (secondary N) is 1. The van der Waals surface area contributed by atoms with Crippen LogP contribution in [0.3, 0.4) is 0 Å². The molecule has 0 aromatic heterocycles. The van der Waals surface area contributed by atoms with E-state index in [0.717, 1.165) is 25.0 Å². The molecule has 1 aromatic rings. The van der Waals surface area contributed by atoms with Gasteiger partial charge in [-0.05, 0) is 56.7 Å². The Balaban J connectivity index is 0.00000208. The number of carbonyl (C=O) groups excluding carboxylic acids is 1. The monoisotopic (exact) mass is 358 g/mol. The van der Waals surface area contributed by atoms with Crippen LogP contribution in [0.5, 0.6) is 0 Å². The van der Waals surface area contributed by atoms with Crippen LogP contribution in [0.1, 0.15) is 50.6 Å². The van der Waals surface area contributed by atoms with Crippen LogP contribution >= 0.6 is 12.4 Å². The fraction of sp³-hybridized carbons (Fsp3) is 0.611. The molecule has 0 saturated carbocycles. The zero-order chi connectivity index (χ0) is 16.6. The van der Waals surface area contributed by atoms with E-state index in [2.05, 4.69) is 5.32 Å². The maximum Gasteiger partial charge on any atom is 0.223 e. The van der Waals surface area contributed by atoms with E-state index in [4.69, 9.17) is 0 Å². The van der Waals surface area contributed by atoms with Crippen molar-refractivity contribution in [1.29, 1.82) is 0 Å². The molecular formula is C18H25ClF2N2O. The molecule has 2 aliphatic heterocycles. The molecule has 0 aliphatic carbocycles. The van der Waals surface area contributed by atoms with Crippen LogP contribution in [0.15, 0.2) is 18.2 Å². The van der Waals surface area contributed by atoms with Gasteiger partial charge in [0.1, 0.15) is 11.6 Å². The van der Waals surface area contributed by atoms with Crippen LogP contribution in [-0.2, 0) is 4.79 Å². The second-order valence-electron chi connectivity index (χ2n) is 7.03. The summed E-state index contributed by atoms with van der Waals surface area (Å²) in [5.74, 6) is -0.553. The molecule has 1 aromatic carbocycles. The van der Waals surface area contributed by atoms with Crippen molar-refractivity contribution < 1.29 is 13.6 Å². The molecule has 24 heavy (non-hydrogen) atoms. The van der Waals surface area contributed by atoms with Crippen molar-refractivity contribution in [3.8, 4) is 0 Å². The number of nitrogens with zero attached hydrogens (tertiary/aromatic N) is 1. The van der Waals surface area contributed by atoms with Crippen molar-refractivity contribution in [2.75, 3.05) is 7.05 Å². The molecule has 2 saturated heterocycles. The van der Waals surface area contributed by atoms with Crippen LogP contribution < -0.4 is 5.32 Å². The number of carbonyl (C=O) groups is 1. The van der Waals surface area contributed by atoms with Crippen LogP contribution in [0.2, 0.25) is 0 Å². The Morgan fingerprint density at radius 2 is 1.92 bits per heavy atom. The predicted molar refractivity (Wildman–Crippen MR) is 92.1 cm³/mol. The van der Waals surface area contributed by atoms with Gasteiger partial charge in [0.15, 0.2) is 0 Å². The van der Waals surface area contributed by atoms with Crippen molar-refractivity contribution in [3.05, 3.63) is 35.4 Å². The number of halogens is 3. The highest BCUT2D eigenvalue weighted by Gasteiger charge is 2.35. The van der Waals surface area contributed by atoms with Crippen LogP contribution in [0.4, 0.5) is 8.78 Å². The average molecular weight is 359 g/mol. The summed E-state index contributed by atoms with van der Waals surface area (Å²) in [6, 6.07) is 4.01. The summed E-state index contributed by atoms with van der Waals surface area (Å²) in [7, 11) is 1.67. The minimum absolute atomic E-state index is 0. The van der Waals surface area contributed by atoms with Crippen molar-refractivity contribution in [2.45, 2.75) is 57.2 Å². The van der Waals surface area contributed by atoms with E-state index < -0.39 is 17.7 Å². The Kier molecular flexibility index (Phi) is 6.21. The lowest BCUT2D eigenvalue weighted by Crippen LogP contribution is -2.40. The van der Waals surface area contributed by atoms with Crippen molar-refractivity contribution in [1.82, 2.24) is 10.2 Å². The third-order valence-electron chi connectivity index (χ3n) is 5.42. The quantitative estimate of drug-likeness (QED) is 0.887. The average Bonchev–Trinajstić information content (AvgIpc) is 2.87. The number of piperidine rings is 1.